The van der Waals surface area contributed by atoms with Crippen LogP contribution in [0.1, 0.15) is 35.1 Å². The first-order valence-electron chi connectivity index (χ1n) is 10.1. The zero-order valence-corrected chi connectivity index (χ0v) is 17.5. The number of nitrogens with zero attached hydrogens (tertiary/aromatic N) is 3. The van der Waals surface area contributed by atoms with Crippen LogP contribution in [-0.2, 0) is 17.8 Å². The summed E-state index contributed by atoms with van der Waals surface area (Å²) in [6.07, 6.45) is 1.97. The Morgan fingerprint density at radius 3 is 2.66 bits per heavy atom. The molecular weight excluding hydrogens is 416 g/mol. The molecule has 0 bridgehead atoms. The second-order valence-corrected chi connectivity index (χ2v) is 7.04. The number of benzene rings is 1. The van der Waals surface area contributed by atoms with Gasteiger partial charge in [-0.2, -0.15) is 0 Å². The third-order valence-electron chi connectivity index (χ3n) is 4.63. The molecule has 166 valence electrons. The van der Waals surface area contributed by atoms with Crippen LogP contribution in [0, 0.1) is 0 Å². The minimum absolute atomic E-state index is 0.00212. The first-order chi connectivity index (χ1) is 15.5. The fourth-order valence-corrected chi connectivity index (χ4v) is 3.08. The quantitative estimate of drug-likeness (QED) is 0.468. The fraction of sp³-hybridized carbons (Fsp3) is 0.261. The smallest absolute Gasteiger partial charge is 0.242 e. The number of amides is 1. The number of alkyl halides is 2. The van der Waals surface area contributed by atoms with Crippen LogP contribution in [0.25, 0.3) is 11.1 Å². The van der Waals surface area contributed by atoms with Crippen LogP contribution in [0.2, 0.25) is 0 Å². The molecule has 0 aliphatic rings. The van der Waals surface area contributed by atoms with Crippen molar-refractivity contribution < 1.29 is 18.4 Å². The largest absolute Gasteiger partial charge is 0.323 e. The van der Waals surface area contributed by atoms with Crippen LogP contribution in [0.15, 0.2) is 55.1 Å². The minimum Gasteiger partial charge on any atom is -0.323 e. The predicted molar refractivity (Wildman–Crippen MR) is 116 cm³/mol. The van der Waals surface area contributed by atoms with Crippen LogP contribution in [-0.4, -0.2) is 39.6 Å². The van der Waals surface area contributed by atoms with Crippen LogP contribution in [0.4, 0.5) is 14.5 Å². The van der Waals surface area contributed by atoms with Gasteiger partial charge < -0.3 is 10.6 Å². The monoisotopic (exact) mass is 439 g/mol. The lowest BCUT2D eigenvalue weighted by molar-refractivity contribution is -0.115. The average molecular weight is 439 g/mol. The standard InChI is InChI=1S/C23H23F2N5O2/c1-2-20(31)23-19(30-22(32)13-27-12-18-6-7-26-14-29-18)10-17(11-28-23)16-5-3-4-15(8-16)9-21(24)25/h3-8,10-11,14,21,27H,2,9,12-13H2,1H3,(H,30,32). The lowest BCUT2D eigenvalue weighted by Crippen LogP contribution is -2.28. The van der Waals surface area contributed by atoms with Crippen LogP contribution in [0.3, 0.4) is 0 Å². The molecule has 0 atom stereocenters. The van der Waals surface area contributed by atoms with Gasteiger partial charge in [0, 0.05) is 37.3 Å². The highest BCUT2D eigenvalue weighted by atomic mass is 19.3. The Balaban J connectivity index is 1.77. The van der Waals surface area contributed by atoms with E-state index < -0.39 is 6.43 Å². The summed E-state index contributed by atoms with van der Waals surface area (Å²) in [6.45, 7) is 2.09. The van der Waals surface area contributed by atoms with Gasteiger partial charge in [-0.15, -0.1) is 0 Å². The summed E-state index contributed by atoms with van der Waals surface area (Å²) in [5, 5.41) is 5.71. The van der Waals surface area contributed by atoms with Crippen molar-refractivity contribution in [2.45, 2.75) is 32.7 Å². The highest BCUT2D eigenvalue weighted by Crippen LogP contribution is 2.26. The van der Waals surface area contributed by atoms with Crippen LogP contribution in [0.5, 0.6) is 0 Å². The number of aromatic nitrogens is 3. The number of ketones is 1. The van der Waals surface area contributed by atoms with E-state index in [1.54, 1.807) is 49.5 Å². The number of anilines is 1. The van der Waals surface area contributed by atoms with Crippen molar-refractivity contribution in [3.8, 4) is 11.1 Å². The molecule has 1 amide bonds. The van der Waals surface area contributed by atoms with Crippen molar-refractivity contribution >= 4 is 17.4 Å². The number of carbonyl (C=O) groups excluding carboxylic acids is 2. The summed E-state index contributed by atoms with van der Waals surface area (Å²) >= 11 is 0. The van der Waals surface area contributed by atoms with E-state index in [4.69, 9.17) is 0 Å². The van der Waals surface area contributed by atoms with Crippen molar-refractivity contribution in [1.82, 2.24) is 20.3 Å². The van der Waals surface area contributed by atoms with Gasteiger partial charge in [0.05, 0.1) is 17.9 Å². The molecule has 0 fully saturated rings. The highest BCUT2D eigenvalue weighted by molar-refractivity contribution is 6.04. The molecule has 0 aliphatic carbocycles. The fourth-order valence-electron chi connectivity index (χ4n) is 3.08. The molecule has 32 heavy (non-hydrogen) atoms. The third kappa shape index (κ3) is 6.45. The maximum Gasteiger partial charge on any atom is 0.242 e. The second-order valence-electron chi connectivity index (χ2n) is 7.04. The number of pyridine rings is 1. The van der Waals surface area contributed by atoms with E-state index in [2.05, 4.69) is 25.6 Å². The summed E-state index contributed by atoms with van der Waals surface area (Å²) in [7, 11) is 0. The lowest BCUT2D eigenvalue weighted by atomic mass is 10.0. The van der Waals surface area contributed by atoms with E-state index >= 15 is 0 Å². The summed E-state index contributed by atoms with van der Waals surface area (Å²) in [5.41, 5.74) is 2.95. The van der Waals surface area contributed by atoms with Crippen molar-refractivity contribution in [3.05, 3.63) is 72.1 Å². The Bertz CT molecular complexity index is 1080. The molecule has 0 saturated carbocycles. The number of hydrogen-bond donors (Lipinski definition) is 2. The van der Waals surface area contributed by atoms with Gasteiger partial charge in [-0.1, -0.05) is 31.2 Å². The van der Waals surface area contributed by atoms with Crippen molar-refractivity contribution in [1.29, 1.82) is 0 Å². The van der Waals surface area contributed by atoms with E-state index in [9.17, 15) is 18.4 Å². The van der Waals surface area contributed by atoms with E-state index in [0.29, 0.717) is 23.2 Å². The molecular formula is C23H23F2N5O2. The van der Waals surface area contributed by atoms with Gasteiger partial charge in [-0.05, 0) is 23.3 Å². The Labute approximate surface area is 184 Å². The topological polar surface area (TPSA) is 96.9 Å². The van der Waals surface area contributed by atoms with E-state index in [1.807, 2.05) is 0 Å². The number of nitrogens with one attached hydrogen (secondary N) is 2. The molecule has 3 aromatic rings. The first kappa shape index (κ1) is 23.1. The second kappa shape index (κ2) is 11.1. The molecule has 9 heteroatoms. The van der Waals surface area contributed by atoms with Gasteiger partial charge >= 0.3 is 0 Å². The summed E-state index contributed by atoms with van der Waals surface area (Å²) in [4.78, 5) is 36.9. The molecule has 3 rings (SSSR count). The highest BCUT2D eigenvalue weighted by Gasteiger charge is 2.16. The predicted octanol–water partition coefficient (Wildman–Crippen LogP) is 3.67. The molecule has 0 spiro atoms. The third-order valence-corrected chi connectivity index (χ3v) is 4.63. The number of Topliss-reactive ketones (excluding diaryl/α,β-unsaturated/α-hetero) is 1. The van der Waals surface area contributed by atoms with E-state index in [0.717, 1.165) is 5.69 Å². The zero-order chi connectivity index (χ0) is 22.9. The van der Waals surface area contributed by atoms with Gasteiger partial charge in [0.25, 0.3) is 0 Å². The van der Waals surface area contributed by atoms with Gasteiger partial charge in [-0.25, -0.2) is 18.7 Å². The molecule has 0 unspecified atom stereocenters. The summed E-state index contributed by atoms with van der Waals surface area (Å²) < 4.78 is 25.5. The number of halogens is 2. The molecule has 0 radical (unpaired) electrons. The Kier molecular flexibility index (Phi) is 8.04. The Hall–Kier alpha value is -3.59. The van der Waals surface area contributed by atoms with E-state index in [-0.39, 0.29) is 42.5 Å². The number of carbonyl (C=O) groups is 2. The van der Waals surface area contributed by atoms with Gasteiger partial charge in [0.1, 0.15) is 12.0 Å². The summed E-state index contributed by atoms with van der Waals surface area (Å²) in [6, 6.07) is 10.1. The maximum atomic E-state index is 12.7. The zero-order valence-electron chi connectivity index (χ0n) is 17.5. The normalized spacial score (nSPS) is 10.9. The SMILES string of the molecule is CCC(=O)c1ncc(-c2cccc(CC(F)F)c2)cc1NC(=O)CNCc1ccncn1. The first-order valence-corrected chi connectivity index (χ1v) is 10.1. The van der Waals surface area contributed by atoms with Gasteiger partial charge in [-0.3, -0.25) is 14.6 Å². The van der Waals surface area contributed by atoms with Crippen LogP contribution >= 0.6 is 0 Å². The minimum atomic E-state index is -2.45. The van der Waals surface area contributed by atoms with Crippen molar-refractivity contribution in [3.63, 3.8) is 0 Å². The molecule has 0 aliphatic heterocycles. The Morgan fingerprint density at radius 2 is 1.94 bits per heavy atom. The number of rotatable bonds is 10. The molecule has 2 N–H and O–H groups in total. The van der Waals surface area contributed by atoms with Crippen molar-refractivity contribution in [2.75, 3.05) is 11.9 Å². The Morgan fingerprint density at radius 1 is 1.09 bits per heavy atom. The average Bonchev–Trinajstić information content (AvgIpc) is 2.79. The molecule has 0 saturated heterocycles. The van der Waals surface area contributed by atoms with E-state index in [1.165, 1.54) is 12.5 Å². The van der Waals surface area contributed by atoms with Crippen LogP contribution < -0.4 is 10.6 Å². The van der Waals surface area contributed by atoms with Crippen molar-refractivity contribution in [2.24, 2.45) is 0 Å². The molecule has 1 aromatic carbocycles. The molecule has 2 aromatic heterocycles. The molecule has 7 nitrogen and oxygen atoms in total. The maximum absolute atomic E-state index is 12.7. The van der Waals surface area contributed by atoms with Gasteiger partial charge in [0.2, 0.25) is 12.3 Å². The lowest BCUT2D eigenvalue weighted by Gasteiger charge is -2.12. The summed E-state index contributed by atoms with van der Waals surface area (Å²) in [5.74, 6) is -0.568. The van der Waals surface area contributed by atoms with Gasteiger partial charge in [0.15, 0.2) is 5.78 Å². The number of hydrogen-bond acceptors (Lipinski definition) is 6. The molecule has 2 heterocycles.